The maximum atomic E-state index is 12.1. The van der Waals surface area contributed by atoms with Crippen LogP contribution in [0.3, 0.4) is 0 Å². The molecule has 1 aromatic carbocycles. The number of hydrogen-bond acceptors (Lipinski definition) is 4. The second kappa shape index (κ2) is 10.3. The van der Waals surface area contributed by atoms with Crippen molar-refractivity contribution in [2.75, 3.05) is 6.54 Å². The minimum absolute atomic E-state index is 0.105. The van der Waals surface area contributed by atoms with E-state index in [0.29, 0.717) is 25.5 Å². The van der Waals surface area contributed by atoms with Crippen LogP contribution < -0.4 is 5.32 Å². The van der Waals surface area contributed by atoms with Crippen molar-refractivity contribution >= 4 is 24.4 Å². The molecule has 0 fully saturated rings. The Morgan fingerprint density at radius 1 is 1.00 bits per heavy atom. The van der Waals surface area contributed by atoms with Gasteiger partial charge in [0.25, 0.3) is 5.91 Å². The average Bonchev–Trinajstić information content (AvgIpc) is 2.55. The van der Waals surface area contributed by atoms with Gasteiger partial charge in [0.2, 0.25) is 0 Å². The van der Waals surface area contributed by atoms with E-state index in [1.807, 2.05) is 0 Å². The maximum Gasteiger partial charge on any atom is 0.303 e. The highest BCUT2D eigenvalue weighted by atomic mass is 16.4. The lowest BCUT2D eigenvalue weighted by Crippen LogP contribution is -2.25. The molecule has 6 heteroatoms. The Morgan fingerprint density at radius 3 is 2.35 bits per heavy atom. The van der Waals surface area contributed by atoms with Gasteiger partial charge in [-0.3, -0.25) is 19.2 Å². The van der Waals surface area contributed by atoms with Gasteiger partial charge < -0.3 is 10.4 Å². The topological polar surface area (TPSA) is 101 Å². The van der Waals surface area contributed by atoms with Crippen molar-refractivity contribution < 1.29 is 24.3 Å². The molecule has 23 heavy (non-hydrogen) atoms. The lowest BCUT2D eigenvalue weighted by atomic mass is 10.0. The summed E-state index contributed by atoms with van der Waals surface area (Å²) in [4.78, 5) is 44.3. The van der Waals surface area contributed by atoms with E-state index in [0.717, 1.165) is 25.7 Å². The van der Waals surface area contributed by atoms with Crippen molar-refractivity contribution in [3.63, 3.8) is 0 Å². The Morgan fingerprint density at radius 2 is 1.70 bits per heavy atom. The number of carboxylic acid groups (broad SMARTS) is 1. The van der Waals surface area contributed by atoms with Gasteiger partial charge in [-0.15, -0.1) is 0 Å². The van der Waals surface area contributed by atoms with Crippen LogP contribution in [-0.4, -0.2) is 36.1 Å². The maximum absolute atomic E-state index is 12.1. The summed E-state index contributed by atoms with van der Waals surface area (Å²) in [6.45, 7) is 0.474. The molecular weight excluding hydrogens is 298 g/mol. The molecule has 0 unspecified atom stereocenters. The summed E-state index contributed by atoms with van der Waals surface area (Å²) in [7, 11) is 0. The highest BCUT2D eigenvalue weighted by Crippen LogP contribution is 2.11. The molecule has 1 aromatic rings. The summed E-state index contributed by atoms with van der Waals surface area (Å²) in [6.07, 6.45) is 5.39. The zero-order chi connectivity index (χ0) is 17.1. The number of nitrogens with one attached hydrogen (secondary N) is 1. The second-order valence-corrected chi connectivity index (χ2v) is 5.21. The highest BCUT2D eigenvalue weighted by Gasteiger charge is 2.13. The number of amides is 1. The van der Waals surface area contributed by atoms with E-state index in [1.54, 1.807) is 6.07 Å². The fourth-order valence-electron chi connectivity index (χ4n) is 2.24. The molecule has 0 heterocycles. The fraction of sp³-hybridized carbons (Fsp3) is 0.412. The Kier molecular flexibility index (Phi) is 8.28. The first kappa shape index (κ1) is 18.5. The predicted octanol–water partition coefficient (Wildman–Crippen LogP) is 2.47. The quantitative estimate of drug-likeness (QED) is 0.482. The number of rotatable bonds is 11. The summed E-state index contributed by atoms with van der Waals surface area (Å²) in [5.41, 5.74) is 0.505. The summed E-state index contributed by atoms with van der Waals surface area (Å²) in [5, 5.41) is 11.2. The van der Waals surface area contributed by atoms with E-state index in [1.165, 1.54) is 12.1 Å². The van der Waals surface area contributed by atoms with Gasteiger partial charge in [-0.2, -0.15) is 0 Å². The van der Waals surface area contributed by atoms with Crippen molar-refractivity contribution in [1.29, 1.82) is 0 Å². The predicted molar refractivity (Wildman–Crippen MR) is 84.9 cm³/mol. The smallest absolute Gasteiger partial charge is 0.303 e. The van der Waals surface area contributed by atoms with E-state index in [-0.39, 0.29) is 29.0 Å². The van der Waals surface area contributed by atoms with E-state index in [4.69, 9.17) is 5.11 Å². The number of unbranched alkanes of at least 4 members (excludes halogenated alkanes) is 4. The van der Waals surface area contributed by atoms with Crippen LogP contribution in [0, 0.1) is 0 Å². The van der Waals surface area contributed by atoms with Gasteiger partial charge in [0.1, 0.15) is 0 Å². The van der Waals surface area contributed by atoms with Crippen LogP contribution in [0.4, 0.5) is 0 Å². The van der Waals surface area contributed by atoms with Crippen LogP contribution in [0.25, 0.3) is 0 Å². The Labute approximate surface area is 134 Å². The van der Waals surface area contributed by atoms with Gasteiger partial charge in [0.15, 0.2) is 12.6 Å². The zero-order valence-corrected chi connectivity index (χ0v) is 12.9. The van der Waals surface area contributed by atoms with Crippen LogP contribution in [0.5, 0.6) is 0 Å². The number of benzene rings is 1. The van der Waals surface area contributed by atoms with Gasteiger partial charge in [-0.1, -0.05) is 31.4 Å². The minimum Gasteiger partial charge on any atom is -0.481 e. The number of hydrogen-bond donors (Lipinski definition) is 2. The van der Waals surface area contributed by atoms with Gasteiger partial charge in [-0.25, -0.2) is 0 Å². The molecule has 0 aromatic heterocycles. The van der Waals surface area contributed by atoms with Crippen LogP contribution in [0.15, 0.2) is 18.2 Å². The first-order chi connectivity index (χ1) is 11.1. The molecule has 0 bridgehead atoms. The third-order valence-electron chi connectivity index (χ3n) is 3.48. The molecule has 0 aliphatic heterocycles. The van der Waals surface area contributed by atoms with Gasteiger partial charge in [0, 0.05) is 24.1 Å². The minimum atomic E-state index is -0.777. The lowest BCUT2D eigenvalue weighted by Gasteiger charge is -2.08. The molecule has 0 aliphatic carbocycles. The molecule has 1 rings (SSSR count). The van der Waals surface area contributed by atoms with Crippen LogP contribution in [0.1, 0.15) is 69.6 Å². The monoisotopic (exact) mass is 319 g/mol. The van der Waals surface area contributed by atoms with Crippen molar-refractivity contribution in [2.45, 2.75) is 38.5 Å². The van der Waals surface area contributed by atoms with E-state index >= 15 is 0 Å². The third kappa shape index (κ3) is 6.42. The normalized spacial score (nSPS) is 10.1. The highest BCUT2D eigenvalue weighted by molar-refractivity contribution is 6.05. The molecule has 2 N–H and O–H groups in total. The van der Waals surface area contributed by atoms with E-state index in [2.05, 4.69) is 5.32 Å². The standard InChI is InChI=1S/C17H21NO5/c19-11-13-7-6-8-14(15(13)12-20)17(23)18-10-5-3-1-2-4-9-16(21)22/h6-8,11-12H,1-5,9-10H2,(H,18,23)(H,21,22). The van der Waals surface area contributed by atoms with Gasteiger partial charge in [0.05, 0.1) is 5.56 Å². The van der Waals surface area contributed by atoms with Gasteiger partial charge >= 0.3 is 5.97 Å². The lowest BCUT2D eigenvalue weighted by molar-refractivity contribution is -0.137. The molecule has 0 saturated heterocycles. The molecule has 0 radical (unpaired) electrons. The number of carbonyl (C=O) groups is 4. The SMILES string of the molecule is O=Cc1cccc(C(=O)NCCCCCCCC(=O)O)c1C=O. The number of aliphatic carboxylic acids is 1. The number of carboxylic acids is 1. The molecule has 124 valence electrons. The fourth-order valence-corrected chi connectivity index (χ4v) is 2.24. The molecule has 0 aliphatic rings. The number of carbonyl (C=O) groups excluding carboxylic acids is 3. The summed E-state index contributed by atoms with van der Waals surface area (Å²) < 4.78 is 0. The van der Waals surface area contributed by atoms with Crippen molar-refractivity contribution in [2.24, 2.45) is 0 Å². The first-order valence-corrected chi connectivity index (χ1v) is 7.63. The van der Waals surface area contributed by atoms with Crippen molar-refractivity contribution in [3.05, 3.63) is 34.9 Å². The number of aldehydes is 2. The van der Waals surface area contributed by atoms with Crippen molar-refractivity contribution in [3.8, 4) is 0 Å². The summed E-state index contributed by atoms with van der Waals surface area (Å²) in [5.74, 6) is -1.15. The molecule has 0 saturated carbocycles. The van der Waals surface area contributed by atoms with E-state index < -0.39 is 5.97 Å². The Hall–Kier alpha value is -2.50. The zero-order valence-electron chi connectivity index (χ0n) is 12.9. The molecule has 0 spiro atoms. The van der Waals surface area contributed by atoms with Crippen LogP contribution >= 0.6 is 0 Å². The van der Waals surface area contributed by atoms with Crippen molar-refractivity contribution in [1.82, 2.24) is 5.32 Å². The Balaban J connectivity index is 2.33. The van der Waals surface area contributed by atoms with E-state index in [9.17, 15) is 19.2 Å². The third-order valence-corrected chi connectivity index (χ3v) is 3.48. The first-order valence-electron chi connectivity index (χ1n) is 7.63. The Bertz CT molecular complexity index is 568. The van der Waals surface area contributed by atoms with Crippen LogP contribution in [0.2, 0.25) is 0 Å². The van der Waals surface area contributed by atoms with Gasteiger partial charge in [-0.05, 0) is 18.9 Å². The molecule has 6 nitrogen and oxygen atoms in total. The molecular formula is C17H21NO5. The summed E-state index contributed by atoms with van der Waals surface area (Å²) >= 11 is 0. The summed E-state index contributed by atoms with van der Waals surface area (Å²) in [6, 6.07) is 4.57. The molecule has 1 amide bonds. The second-order valence-electron chi connectivity index (χ2n) is 5.21. The largest absolute Gasteiger partial charge is 0.481 e. The molecule has 0 atom stereocenters. The van der Waals surface area contributed by atoms with Crippen LogP contribution in [-0.2, 0) is 4.79 Å². The average molecular weight is 319 g/mol.